The summed E-state index contributed by atoms with van der Waals surface area (Å²) in [6.07, 6.45) is 0. The summed E-state index contributed by atoms with van der Waals surface area (Å²) >= 11 is 8.63. The van der Waals surface area contributed by atoms with Crippen LogP contribution in [0.1, 0.15) is 11.3 Å². The summed E-state index contributed by atoms with van der Waals surface area (Å²) in [5.74, 6) is 0.777. The fraction of sp³-hybridized carbons (Fsp3) is 0.231. The van der Waals surface area contributed by atoms with Gasteiger partial charge in [-0.25, -0.2) is 4.98 Å². The average molecular weight is 325 g/mol. The number of methoxy groups -OCH3 is 1. The Morgan fingerprint density at radius 1 is 1.39 bits per heavy atom. The number of hydrogen-bond acceptors (Lipinski definition) is 3. The number of benzene rings is 1. The van der Waals surface area contributed by atoms with Gasteiger partial charge in [-0.1, -0.05) is 28.1 Å². The highest BCUT2D eigenvalue weighted by molar-refractivity contribution is 9.10. The van der Waals surface area contributed by atoms with E-state index in [4.69, 9.17) is 17.0 Å². The van der Waals surface area contributed by atoms with Crippen LogP contribution in [0.25, 0.3) is 11.4 Å². The van der Waals surface area contributed by atoms with Gasteiger partial charge < -0.3 is 9.72 Å². The van der Waals surface area contributed by atoms with Crippen molar-refractivity contribution in [3.8, 4) is 11.4 Å². The molecule has 0 saturated heterocycles. The lowest BCUT2D eigenvalue weighted by molar-refractivity contribution is 0.181. The predicted octanol–water partition coefficient (Wildman–Crippen LogP) is 4.02. The van der Waals surface area contributed by atoms with Crippen LogP contribution in [0.3, 0.4) is 0 Å². The number of hydrogen-bond donors (Lipinski definition) is 1. The summed E-state index contributed by atoms with van der Waals surface area (Å²) in [7, 11) is 1.65. The van der Waals surface area contributed by atoms with Crippen LogP contribution >= 0.6 is 28.1 Å². The van der Waals surface area contributed by atoms with Gasteiger partial charge in [0.05, 0.1) is 6.61 Å². The van der Waals surface area contributed by atoms with E-state index in [-0.39, 0.29) is 0 Å². The number of nitrogens with zero attached hydrogens (tertiary/aromatic N) is 1. The third kappa shape index (κ3) is 3.04. The lowest BCUT2D eigenvalue weighted by Crippen LogP contribution is -1.98. The summed E-state index contributed by atoms with van der Waals surface area (Å²) in [4.78, 5) is 7.61. The van der Waals surface area contributed by atoms with Gasteiger partial charge in [0, 0.05) is 22.8 Å². The molecule has 0 spiro atoms. The smallest absolute Gasteiger partial charge is 0.139 e. The molecule has 0 bridgehead atoms. The van der Waals surface area contributed by atoms with E-state index in [1.807, 2.05) is 25.1 Å². The molecule has 5 heteroatoms. The van der Waals surface area contributed by atoms with Crippen molar-refractivity contribution in [1.29, 1.82) is 0 Å². The van der Waals surface area contributed by atoms with Gasteiger partial charge in [-0.05, 0) is 36.8 Å². The Morgan fingerprint density at radius 3 is 2.83 bits per heavy atom. The minimum absolute atomic E-state index is 0.495. The van der Waals surface area contributed by atoms with E-state index in [1.165, 1.54) is 0 Å². The van der Waals surface area contributed by atoms with Crippen molar-refractivity contribution in [2.45, 2.75) is 13.5 Å². The Hall–Kier alpha value is -1.04. The van der Waals surface area contributed by atoms with Crippen molar-refractivity contribution in [3.05, 3.63) is 44.6 Å². The summed E-state index contributed by atoms with van der Waals surface area (Å²) in [6, 6.07) is 7.88. The standard InChI is InChI=1S/C13H13BrN2OS/c1-8-5-9(14)3-4-11(8)13-15-10(7-17-2)6-12(18)16-13/h3-6H,7H2,1-2H3,(H,15,16,18). The molecule has 2 aromatic rings. The van der Waals surface area contributed by atoms with Gasteiger partial charge in [0.15, 0.2) is 0 Å². The van der Waals surface area contributed by atoms with Crippen LogP contribution in [0.15, 0.2) is 28.7 Å². The molecule has 2 rings (SSSR count). The zero-order valence-electron chi connectivity index (χ0n) is 10.2. The van der Waals surface area contributed by atoms with E-state index in [2.05, 4.69) is 32.0 Å². The topological polar surface area (TPSA) is 37.9 Å². The highest BCUT2D eigenvalue weighted by Gasteiger charge is 2.06. The number of rotatable bonds is 3. The summed E-state index contributed by atoms with van der Waals surface area (Å²) in [6.45, 7) is 2.54. The van der Waals surface area contributed by atoms with Crippen LogP contribution in [0.2, 0.25) is 0 Å². The Bertz CT molecular complexity index is 625. The van der Waals surface area contributed by atoms with Crippen molar-refractivity contribution in [3.63, 3.8) is 0 Å². The fourth-order valence-corrected chi connectivity index (χ4v) is 2.47. The molecule has 1 aromatic heterocycles. The maximum absolute atomic E-state index is 5.17. The second kappa shape index (κ2) is 5.73. The first-order chi connectivity index (χ1) is 8.60. The number of nitrogens with one attached hydrogen (secondary N) is 1. The maximum Gasteiger partial charge on any atom is 0.139 e. The molecule has 0 unspecified atom stereocenters. The molecule has 1 N–H and O–H groups in total. The summed E-state index contributed by atoms with van der Waals surface area (Å²) in [5.41, 5.74) is 3.11. The second-order valence-electron chi connectivity index (χ2n) is 3.99. The minimum atomic E-state index is 0.495. The van der Waals surface area contributed by atoms with Crippen molar-refractivity contribution in [2.24, 2.45) is 0 Å². The Kier molecular flexibility index (Phi) is 4.27. The highest BCUT2D eigenvalue weighted by atomic mass is 79.9. The Morgan fingerprint density at radius 2 is 2.17 bits per heavy atom. The van der Waals surface area contributed by atoms with Crippen molar-refractivity contribution < 1.29 is 4.74 Å². The Balaban J connectivity index is 2.53. The van der Waals surface area contributed by atoms with Crippen LogP contribution in [0, 0.1) is 11.6 Å². The molecule has 0 fully saturated rings. The van der Waals surface area contributed by atoms with E-state index in [0.717, 1.165) is 27.1 Å². The van der Waals surface area contributed by atoms with E-state index in [9.17, 15) is 0 Å². The third-order valence-electron chi connectivity index (χ3n) is 2.54. The number of halogens is 1. The van der Waals surface area contributed by atoms with Crippen molar-refractivity contribution in [1.82, 2.24) is 9.97 Å². The molecule has 0 saturated carbocycles. The first-order valence-corrected chi connectivity index (χ1v) is 6.66. The lowest BCUT2D eigenvalue weighted by atomic mass is 10.1. The van der Waals surface area contributed by atoms with Gasteiger partial charge in [-0.3, -0.25) is 0 Å². The third-order valence-corrected chi connectivity index (χ3v) is 3.24. The molecule has 0 aliphatic rings. The molecule has 1 aromatic carbocycles. The molecule has 0 amide bonds. The second-order valence-corrected chi connectivity index (χ2v) is 5.32. The Labute approximate surface area is 119 Å². The monoisotopic (exact) mass is 324 g/mol. The van der Waals surface area contributed by atoms with Gasteiger partial charge in [0.25, 0.3) is 0 Å². The molecular formula is C13H13BrN2OS. The summed E-state index contributed by atoms with van der Waals surface area (Å²) in [5, 5.41) is 0. The van der Waals surface area contributed by atoms with Crippen LogP contribution in [0.5, 0.6) is 0 Å². The van der Waals surface area contributed by atoms with E-state index < -0.39 is 0 Å². The molecule has 94 valence electrons. The lowest BCUT2D eigenvalue weighted by Gasteiger charge is -2.08. The average Bonchev–Trinajstić information content (AvgIpc) is 2.28. The van der Waals surface area contributed by atoms with Crippen LogP contribution in [-0.4, -0.2) is 17.1 Å². The van der Waals surface area contributed by atoms with E-state index in [0.29, 0.717) is 11.2 Å². The predicted molar refractivity (Wildman–Crippen MR) is 78.0 cm³/mol. The highest BCUT2D eigenvalue weighted by Crippen LogP contribution is 2.23. The number of aryl methyl sites for hydroxylation is 1. The van der Waals surface area contributed by atoms with Crippen LogP contribution in [-0.2, 0) is 11.3 Å². The fourth-order valence-electron chi connectivity index (χ4n) is 1.76. The normalized spacial score (nSPS) is 10.6. The molecule has 0 aliphatic carbocycles. The largest absolute Gasteiger partial charge is 0.378 e. The van der Waals surface area contributed by atoms with Crippen LogP contribution < -0.4 is 0 Å². The molecule has 0 atom stereocenters. The maximum atomic E-state index is 5.17. The molecule has 0 aliphatic heterocycles. The van der Waals surface area contributed by atoms with Crippen molar-refractivity contribution in [2.75, 3.05) is 7.11 Å². The molecule has 18 heavy (non-hydrogen) atoms. The van der Waals surface area contributed by atoms with Crippen LogP contribution in [0.4, 0.5) is 0 Å². The minimum Gasteiger partial charge on any atom is -0.378 e. The van der Waals surface area contributed by atoms with Crippen molar-refractivity contribution >= 4 is 28.1 Å². The quantitative estimate of drug-likeness (QED) is 0.866. The number of aromatic nitrogens is 2. The van der Waals surface area contributed by atoms with Gasteiger partial charge in [-0.2, -0.15) is 0 Å². The number of ether oxygens (including phenoxy) is 1. The molecular weight excluding hydrogens is 312 g/mol. The first kappa shape index (κ1) is 13.4. The summed E-state index contributed by atoms with van der Waals surface area (Å²) < 4.78 is 6.73. The zero-order valence-corrected chi connectivity index (χ0v) is 12.6. The zero-order chi connectivity index (χ0) is 13.1. The van der Waals surface area contributed by atoms with E-state index >= 15 is 0 Å². The van der Waals surface area contributed by atoms with Gasteiger partial charge in [0.1, 0.15) is 10.5 Å². The van der Waals surface area contributed by atoms with E-state index in [1.54, 1.807) is 7.11 Å². The molecule has 3 nitrogen and oxygen atoms in total. The van der Waals surface area contributed by atoms with Gasteiger partial charge >= 0.3 is 0 Å². The number of aromatic amines is 1. The first-order valence-electron chi connectivity index (χ1n) is 5.46. The van der Waals surface area contributed by atoms with Gasteiger partial charge in [0.2, 0.25) is 0 Å². The molecule has 0 radical (unpaired) electrons. The number of H-pyrrole nitrogens is 1. The SMILES string of the molecule is COCc1cc(=S)nc(-c2ccc(Br)cc2C)[nH]1. The van der Waals surface area contributed by atoms with Gasteiger partial charge in [-0.15, -0.1) is 0 Å². The molecule has 1 heterocycles.